The second-order valence-electron chi connectivity index (χ2n) is 14.7. The molecule has 5 aromatic carbocycles. The molecule has 2 bridgehead atoms. The lowest BCUT2D eigenvalue weighted by Crippen LogP contribution is -2.12. The normalized spacial score (nSPS) is 12.8. The van der Waals surface area contributed by atoms with Gasteiger partial charge in [-0.1, -0.05) is 136 Å². The molecule has 51 heavy (non-hydrogen) atoms. The molecule has 2 aliphatic carbocycles. The summed E-state index contributed by atoms with van der Waals surface area (Å²) in [4.78, 5) is 8.75. The molecule has 0 unspecified atom stereocenters. The highest BCUT2D eigenvalue weighted by Gasteiger charge is 2.25. The average Bonchev–Trinajstić information content (AvgIpc) is 3.50. The van der Waals surface area contributed by atoms with Crippen molar-refractivity contribution in [1.29, 1.82) is 0 Å². The Morgan fingerprint density at radius 2 is 0.941 bits per heavy atom. The van der Waals surface area contributed by atoms with E-state index in [2.05, 4.69) is 164 Å². The van der Waals surface area contributed by atoms with Crippen LogP contribution in [0.5, 0.6) is 0 Å². The first kappa shape index (κ1) is 30.9. The number of rotatable bonds is 5. The quantitative estimate of drug-likeness (QED) is 0.185. The molecule has 0 fully saturated rings. The molecular weight excluding hydrogens is 617 g/mol. The van der Waals surface area contributed by atoms with Crippen molar-refractivity contribution < 1.29 is 0 Å². The van der Waals surface area contributed by atoms with Gasteiger partial charge in [-0.2, -0.15) is 0 Å². The van der Waals surface area contributed by atoms with Gasteiger partial charge in [-0.3, -0.25) is 9.97 Å². The minimum Gasteiger partial charge on any atom is -0.265 e. The molecule has 2 heteroatoms. The highest BCUT2D eigenvalue weighted by atomic mass is 14.7. The predicted molar refractivity (Wildman–Crippen MR) is 215 cm³/mol. The first-order valence-corrected chi connectivity index (χ1v) is 17.8. The van der Waals surface area contributed by atoms with E-state index in [-0.39, 0.29) is 5.41 Å². The van der Waals surface area contributed by atoms with Gasteiger partial charge in [-0.05, 0) is 126 Å². The largest absolute Gasteiger partial charge is 0.265 e. The van der Waals surface area contributed by atoms with Crippen LogP contribution in [-0.4, -0.2) is 9.97 Å². The summed E-state index contributed by atoms with van der Waals surface area (Å²) in [5.41, 5.74) is 21.3. The Bertz CT molecular complexity index is 2460. The summed E-state index contributed by atoms with van der Waals surface area (Å²) in [7, 11) is 0. The second kappa shape index (κ2) is 12.3. The summed E-state index contributed by atoms with van der Waals surface area (Å²) in [5, 5.41) is 0. The third-order valence-electron chi connectivity index (χ3n) is 10.5. The number of hydrogen-bond acceptors (Lipinski definition) is 2. The molecule has 0 saturated heterocycles. The van der Waals surface area contributed by atoms with Gasteiger partial charge >= 0.3 is 0 Å². The van der Waals surface area contributed by atoms with Gasteiger partial charge < -0.3 is 0 Å². The third kappa shape index (κ3) is 5.73. The Labute approximate surface area is 300 Å². The fourth-order valence-corrected chi connectivity index (χ4v) is 7.59. The molecule has 2 nitrogen and oxygen atoms in total. The van der Waals surface area contributed by atoms with E-state index in [0.29, 0.717) is 0 Å². The number of hydrogen-bond donors (Lipinski definition) is 0. The number of pyridine rings is 2. The van der Waals surface area contributed by atoms with Crippen molar-refractivity contribution in [3.63, 3.8) is 0 Å². The lowest BCUT2D eigenvalue weighted by atomic mass is 9.82. The molecule has 0 radical (unpaired) electrons. The van der Waals surface area contributed by atoms with Gasteiger partial charge in [0.2, 0.25) is 0 Å². The molecule has 7 aromatic rings. The van der Waals surface area contributed by atoms with Gasteiger partial charge in [0.1, 0.15) is 0 Å². The van der Waals surface area contributed by atoms with E-state index in [1.165, 1.54) is 83.5 Å². The second-order valence-corrected chi connectivity index (χ2v) is 14.7. The summed E-state index contributed by atoms with van der Waals surface area (Å²) in [5.74, 6) is 0. The van der Waals surface area contributed by atoms with E-state index in [1.807, 2.05) is 30.7 Å². The summed E-state index contributed by atoms with van der Waals surface area (Å²) in [6, 6.07) is 44.2. The van der Waals surface area contributed by atoms with Crippen LogP contribution in [0.15, 0.2) is 140 Å². The molecule has 2 aromatic heterocycles. The minimum atomic E-state index is 0.0628. The van der Waals surface area contributed by atoms with Crippen molar-refractivity contribution in [3.8, 4) is 55.8 Å². The van der Waals surface area contributed by atoms with Gasteiger partial charge in [-0.15, -0.1) is 0 Å². The SMILES string of the molecule is CC(C)(C)c1cc2c3c(c1)C=Cc1c(-c4ccc(-c5ccccn5)cc4)cc(-c4ccc(-c5ccc(-c6ccncc6)cc5)cc4)c(c1C3)C=C2. The average molecular weight is 655 g/mol. The van der Waals surface area contributed by atoms with Crippen LogP contribution in [0.3, 0.4) is 0 Å². The van der Waals surface area contributed by atoms with E-state index in [0.717, 1.165) is 17.7 Å². The van der Waals surface area contributed by atoms with Crippen molar-refractivity contribution in [2.24, 2.45) is 0 Å². The molecule has 2 heterocycles. The van der Waals surface area contributed by atoms with E-state index >= 15 is 0 Å². The minimum absolute atomic E-state index is 0.0628. The monoisotopic (exact) mass is 654 g/mol. The van der Waals surface area contributed by atoms with Crippen LogP contribution in [0.25, 0.3) is 80.1 Å². The zero-order chi connectivity index (χ0) is 34.5. The number of benzene rings is 5. The smallest absolute Gasteiger partial charge is 0.0701 e. The Balaban J connectivity index is 1.17. The van der Waals surface area contributed by atoms with Gasteiger partial charge in [0.15, 0.2) is 0 Å². The molecule has 244 valence electrons. The van der Waals surface area contributed by atoms with Crippen molar-refractivity contribution >= 4 is 24.3 Å². The first-order valence-electron chi connectivity index (χ1n) is 17.8. The molecule has 9 rings (SSSR count). The Kier molecular flexibility index (Phi) is 7.47. The van der Waals surface area contributed by atoms with Gasteiger partial charge in [0, 0.05) is 24.2 Å². The van der Waals surface area contributed by atoms with E-state index in [1.54, 1.807) is 0 Å². The number of nitrogens with zero attached hydrogens (tertiary/aromatic N) is 2. The highest BCUT2D eigenvalue weighted by molar-refractivity contribution is 5.96. The standard InChI is InChI=1S/C49H38N2/c1-49(2,3)41-28-39-19-21-42-45(36-13-11-33(12-14-36)32-7-9-34(10-8-32)35-23-26-50-27-24-35)31-46(43-22-20-40(29-41)44(39)30-47(42)43)37-15-17-38(18-16-37)48-6-4-5-25-51-48/h4-29,31H,30H2,1-3H3. The molecule has 0 saturated carbocycles. The van der Waals surface area contributed by atoms with Crippen LogP contribution in [0, 0.1) is 0 Å². The zero-order valence-electron chi connectivity index (χ0n) is 29.2. The predicted octanol–water partition coefficient (Wildman–Crippen LogP) is 12.7. The molecule has 0 amide bonds. The van der Waals surface area contributed by atoms with Crippen LogP contribution < -0.4 is 0 Å². The van der Waals surface area contributed by atoms with Gasteiger partial charge in [0.05, 0.1) is 5.69 Å². The Hall–Kier alpha value is -6.12. The third-order valence-corrected chi connectivity index (χ3v) is 10.5. The summed E-state index contributed by atoms with van der Waals surface area (Å²) < 4.78 is 0. The maximum absolute atomic E-state index is 4.59. The number of aromatic nitrogens is 2. The molecular formula is C49H38N2. The summed E-state index contributed by atoms with van der Waals surface area (Å²) in [6.45, 7) is 6.91. The zero-order valence-corrected chi connectivity index (χ0v) is 29.2. The molecule has 0 spiro atoms. The molecule has 2 aliphatic rings. The van der Waals surface area contributed by atoms with Crippen molar-refractivity contribution in [2.45, 2.75) is 32.6 Å². The Morgan fingerprint density at radius 3 is 1.43 bits per heavy atom. The van der Waals surface area contributed by atoms with Gasteiger partial charge in [-0.25, -0.2) is 0 Å². The lowest BCUT2D eigenvalue weighted by molar-refractivity contribution is 0.589. The maximum Gasteiger partial charge on any atom is 0.0701 e. The maximum atomic E-state index is 4.59. The summed E-state index contributed by atoms with van der Waals surface area (Å²) >= 11 is 0. The Morgan fingerprint density at radius 1 is 0.451 bits per heavy atom. The van der Waals surface area contributed by atoms with Gasteiger partial charge in [0.25, 0.3) is 0 Å². The van der Waals surface area contributed by atoms with Crippen molar-refractivity contribution in [3.05, 3.63) is 179 Å². The van der Waals surface area contributed by atoms with Crippen LogP contribution >= 0.6 is 0 Å². The lowest BCUT2D eigenvalue weighted by Gasteiger charge is -2.22. The van der Waals surface area contributed by atoms with Crippen LogP contribution in [-0.2, 0) is 11.8 Å². The molecule has 0 N–H and O–H groups in total. The van der Waals surface area contributed by atoms with Crippen molar-refractivity contribution in [1.82, 2.24) is 9.97 Å². The fraction of sp³-hybridized carbons (Fsp3) is 0.102. The fourth-order valence-electron chi connectivity index (χ4n) is 7.59. The first-order chi connectivity index (χ1) is 24.9. The van der Waals surface area contributed by atoms with E-state index in [4.69, 9.17) is 0 Å². The highest BCUT2D eigenvalue weighted by Crippen LogP contribution is 2.44. The van der Waals surface area contributed by atoms with Crippen LogP contribution in [0.1, 0.15) is 59.7 Å². The van der Waals surface area contributed by atoms with Crippen LogP contribution in [0.2, 0.25) is 0 Å². The van der Waals surface area contributed by atoms with E-state index < -0.39 is 0 Å². The molecule has 0 aliphatic heterocycles. The molecule has 0 atom stereocenters. The van der Waals surface area contributed by atoms with Crippen LogP contribution in [0.4, 0.5) is 0 Å². The topological polar surface area (TPSA) is 25.8 Å². The van der Waals surface area contributed by atoms with Crippen molar-refractivity contribution in [2.75, 3.05) is 0 Å². The van der Waals surface area contributed by atoms with E-state index in [9.17, 15) is 0 Å². The summed E-state index contributed by atoms with van der Waals surface area (Å²) in [6.07, 6.45) is 15.9.